The van der Waals surface area contributed by atoms with Gasteiger partial charge >= 0.3 is 0 Å². The normalized spacial score (nSPS) is 17.5. The molecule has 0 aliphatic carbocycles. The van der Waals surface area contributed by atoms with Crippen LogP contribution in [0.4, 0.5) is 4.39 Å². The summed E-state index contributed by atoms with van der Waals surface area (Å²) >= 11 is 1.21. The van der Waals surface area contributed by atoms with Crippen molar-refractivity contribution in [3.05, 3.63) is 64.8 Å². The minimum Gasteiger partial charge on any atom is -0.489 e. The van der Waals surface area contributed by atoms with Crippen LogP contribution >= 0.6 is 11.3 Å². The van der Waals surface area contributed by atoms with Gasteiger partial charge in [0.15, 0.2) is 0 Å². The van der Waals surface area contributed by atoms with Crippen molar-refractivity contribution in [1.82, 2.24) is 9.62 Å². The molecule has 1 atom stereocenters. The molecule has 1 N–H and O–H groups in total. The van der Waals surface area contributed by atoms with E-state index >= 15 is 0 Å². The summed E-state index contributed by atoms with van der Waals surface area (Å²) in [5.41, 5.74) is 0.496. The molecule has 0 bridgehead atoms. The molecule has 1 fully saturated rings. The number of rotatable bonds is 6. The largest absolute Gasteiger partial charge is 0.489 e. The van der Waals surface area contributed by atoms with Gasteiger partial charge in [0.05, 0.1) is 11.1 Å². The molecule has 2 aromatic carbocycles. The maximum atomic E-state index is 14.6. The van der Waals surface area contributed by atoms with E-state index in [-0.39, 0.29) is 25.1 Å². The summed E-state index contributed by atoms with van der Waals surface area (Å²) in [7, 11) is -3.32. The summed E-state index contributed by atoms with van der Waals surface area (Å²) in [6, 6.07) is 13.6. The van der Waals surface area contributed by atoms with E-state index in [4.69, 9.17) is 4.74 Å². The van der Waals surface area contributed by atoms with Gasteiger partial charge in [-0.3, -0.25) is 4.79 Å². The van der Waals surface area contributed by atoms with Crippen LogP contribution < -0.4 is 10.1 Å². The van der Waals surface area contributed by atoms with Gasteiger partial charge in [-0.2, -0.15) is 0 Å². The van der Waals surface area contributed by atoms with Crippen LogP contribution in [0.3, 0.4) is 0 Å². The molecule has 164 valence electrons. The Morgan fingerprint density at radius 2 is 2.00 bits per heavy atom. The maximum Gasteiger partial charge on any atom is 0.262 e. The fourth-order valence-corrected chi connectivity index (χ4v) is 5.81. The quantitative estimate of drug-likeness (QED) is 0.605. The second kappa shape index (κ2) is 8.94. The number of thiophene rings is 1. The summed E-state index contributed by atoms with van der Waals surface area (Å²) in [5, 5.41) is 3.33. The van der Waals surface area contributed by atoms with Crippen LogP contribution in [-0.2, 0) is 16.6 Å². The highest BCUT2D eigenvalue weighted by molar-refractivity contribution is 7.88. The van der Waals surface area contributed by atoms with E-state index in [1.165, 1.54) is 28.0 Å². The molecule has 1 saturated heterocycles. The first-order chi connectivity index (χ1) is 14.8. The third-order valence-electron chi connectivity index (χ3n) is 5.28. The van der Waals surface area contributed by atoms with Crippen LogP contribution in [0.5, 0.6) is 5.75 Å². The number of fused-ring (bicyclic) bond motifs is 1. The van der Waals surface area contributed by atoms with Crippen molar-refractivity contribution < 1.29 is 22.3 Å². The molecular weight excluding hydrogens is 439 g/mol. The topological polar surface area (TPSA) is 75.7 Å². The van der Waals surface area contributed by atoms with E-state index < -0.39 is 15.8 Å². The minimum absolute atomic E-state index is 0.0494. The van der Waals surface area contributed by atoms with Crippen LogP contribution in [-0.4, -0.2) is 44.0 Å². The first-order valence-electron chi connectivity index (χ1n) is 9.96. The summed E-state index contributed by atoms with van der Waals surface area (Å²) in [5.74, 6) is -0.117. The second-order valence-corrected chi connectivity index (χ2v) is 10.6. The van der Waals surface area contributed by atoms with Crippen LogP contribution in [0.1, 0.15) is 28.1 Å². The Morgan fingerprint density at radius 1 is 1.23 bits per heavy atom. The van der Waals surface area contributed by atoms with Crippen LogP contribution in [0.2, 0.25) is 0 Å². The standard InChI is InChI=1S/C22H23FN2O4S2/c1-31(27,28)25-12-6-7-15(13-25)24-22(26)21-17(14-29-16-8-3-2-4-9-16)20-18(23)10-5-11-19(20)30-21/h2-5,8-11,15H,6-7,12-14H2,1H3,(H,24,26). The monoisotopic (exact) mass is 462 g/mol. The molecule has 2 heterocycles. The molecule has 31 heavy (non-hydrogen) atoms. The Hall–Kier alpha value is -2.49. The van der Waals surface area contributed by atoms with Gasteiger partial charge in [0.1, 0.15) is 18.2 Å². The number of sulfonamides is 1. The molecular formula is C22H23FN2O4S2. The molecule has 1 aliphatic rings. The highest BCUT2D eigenvalue weighted by Gasteiger charge is 2.29. The molecule has 9 heteroatoms. The van der Waals surface area contributed by atoms with Gasteiger partial charge in [-0.1, -0.05) is 24.3 Å². The smallest absolute Gasteiger partial charge is 0.262 e. The summed E-state index contributed by atoms with van der Waals surface area (Å²) in [6.45, 7) is 0.739. The number of carbonyl (C=O) groups is 1. The first-order valence-corrected chi connectivity index (χ1v) is 12.6. The molecule has 0 spiro atoms. The van der Waals surface area contributed by atoms with E-state index in [1.807, 2.05) is 18.2 Å². The van der Waals surface area contributed by atoms with Gasteiger partial charge in [-0.25, -0.2) is 17.1 Å². The average molecular weight is 463 g/mol. The summed E-state index contributed by atoms with van der Waals surface area (Å²) in [4.78, 5) is 13.5. The number of hydrogen-bond donors (Lipinski definition) is 1. The van der Waals surface area contributed by atoms with Crippen LogP contribution in [0.25, 0.3) is 10.1 Å². The van der Waals surface area contributed by atoms with Crippen LogP contribution in [0.15, 0.2) is 48.5 Å². The van der Waals surface area contributed by atoms with Crippen molar-refractivity contribution in [1.29, 1.82) is 0 Å². The Morgan fingerprint density at radius 3 is 2.74 bits per heavy atom. The average Bonchev–Trinajstić information content (AvgIpc) is 3.13. The van der Waals surface area contributed by atoms with Crippen molar-refractivity contribution in [2.75, 3.05) is 19.3 Å². The van der Waals surface area contributed by atoms with Crippen molar-refractivity contribution in [3.8, 4) is 5.75 Å². The zero-order valence-electron chi connectivity index (χ0n) is 17.0. The number of piperidine rings is 1. The lowest BCUT2D eigenvalue weighted by atomic mass is 10.1. The molecule has 4 rings (SSSR count). The highest BCUT2D eigenvalue weighted by atomic mass is 32.2. The number of halogens is 1. The molecule has 0 saturated carbocycles. The van der Waals surface area contributed by atoms with E-state index in [2.05, 4.69) is 5.32 Å². The number of hydrogen-bond acceptors (Lipinski definition) is 5. The van der Waals surface area contributed by atoms with Gasteiger partial charge in [0, 0.05) is 34.8 Å². The SMILES string of the molecule is CS(=O)(=O)N1CCCC(NC(=O)c2sc3cccc(F)c3c2COc2ccccc2)C1. The third-order valence-corrected chi connectivity index (χ3v) is 7.75. The van der Waals surface area contributed by atoms with E-state index in [0.29, 0.717) is 45.7 Å². The number of nitrogens with zero attached hydrogens (tertiary/aromatic N) is 1. The molecule has 1 amide bonds. The van der Waals surface area contributed by atoms with Crippen molar-refractivity contribution in [2.24, 2.45) is 0 Å². The third kappa shape index (κ3) is 4.89. The Balaban J connectivity index is 1.60. The lowest BCUT2D eigenvalue weighted by Gasteiger charge is -2.31. The Kier molecular flexibility index (Phi) is 6.27. The number of ether oxygens (including phenoxy) is 1. The lowest BCUT2D eigenvalue weighted by molar-refractivity contribution is 0.0923. The fraction of sp³-hybridized carbons (Fsp3) is 0.318. The zero-order chi connectivity index (χ0) is 22.0. The van der Waals surface area contributed by atoms with Crippen molar-refractivity contribution in [2.45, 2.75) is 25.5 Å². The molecule has 1 aliphatic heterocycles. The van der Waals surface area contributed by atoms with Gasteiger partial charge in [-0.15, -0.1) is 11.3 Å². The highest BCUT2D eigenvalue weighted by Crippen LogP contribution is 2.34. The number of amides is 1. The van der Waals surface area contributed by atoms with Gasteiger partial charge in [-0.05, 0) is 37.1 Å². The molecule has 6 nitrogen and oxygen atoms in total. The van der Waals surface area contributed by atoms with Gasteiger partial charge in [0.2, 0.25) is 10.0 Å². The predicted octanol–water partition coefficient (Wildman–Crippen LogP) is 3.77. The summed E-state index contributed by atoms with van der Waals surface area (Å²) in [6.07, 6.45) is 2.53. The first kappa shape index (κ1) is 21.7. The minimum atomic E-state index is -3.32. The zero-order valence-corrected chi connectivity index (χ0v) is 18.6. The van der Waals surface area contributed by atoms with E-state index in [9.17, 15) is 17.6 Å². The van der Waals surface area contributed by atoms with E-state index in [1.54, 1.807) is 24.3 Å². The number of carbonyl (C=O) groups excluding carboxylic acids is 1. The van der Waals surface area contributed by atoms with Gasteiger partial charge in [0.25, 0.3) is 5.91 Å². The van der Waals surface area contributed by atoms with Crippen molar-refractivity contribution in [3.63, 3.8) is 0 Å². The molecule has 1 unspecified atom stereocenters. The fourth-order valence-electron chi connectivity index (χ4n) is 3.77. The Bertz CT molecular complexity index is 1190. The number of benzene rings is 2. The lowest BCUT2D eigenvalue weighted by Crippen LogP contribution is -2.49. The van der Waals surface area contributed by atoms with E-state index in [0.717, 1.165) is 0 Å². The van der Waals surface area contributed by atoms with Crippen molar-refractivity contribution >= 4 is 37.4 Å². The maximum absolute atomic E-state index is 14.6. The Labute approximate surface area is 184 Å². The summed E-state index contributed by atoms with van der Waals surface area (Å²) < 4.78 is 46.3. The molecule has 0 radical (unpaired) electrons. The van der Waals surface area contributed by atoms with Crippen LogP contribution in [0, 0.1) is 5.82 Å². The number of nitrogens with one attached hydrogen (secondary N) is 1. The predicted molar refractivity (Wildman–Crippen MR) is 119 cm³/mol. The van der Waals surface area contributed by atoms with Gasteiger partial charge < -0.3 is 10.1 Å². The molecule has 3 aromatic rings. The number of para-hydroxylation sites is 1. The molecule has 1 aromatic heterocycles. The second-order valence-electron chi connectivity index (χ2n) is 7.56.